The number of quaternary nitrogens is 1. The highest BCUT2D eigenvalue weighted by molar-refractivity contribution is 5.92. The van der Waals surface area contributed by atoms with Gasteiger partial charge in [-0.25, -0.2) is 4.79 Å². The first kappa shape index (κ1) is 28.3. The highest BCUT2D eigenvalue weighted by Gasteiger charge is 2.27. The van der Waals surface area contributed by atoms with Crippen molar-refractivity contribution in [2.75, 3.05) is 40.3 Å². The highest BCUT2D eigenvalue weighted by Crippen LogP contribution is 2.16. The molecule has 176 valence electrons. The lowest BCUT2D eigenvalue weighted by atomic mass is 10.0. The fraction of sp³-hybridized carbons (Fsp3) is 0.636. The fourth-order valence-corrected chi connectivity index (χ4v) is 2.91. The molecule has 0 aliphatic carbocycles. The normalized spacial score (nSPS) is 12.6. The number of nitrogens with one attached hydrogen (secondary N) is 2. The van der Waals surface area contributed by atoms with Crippen LogP contribution in [0.25, 0.3) is 0 Å². The molecule has 0 aromatic rings. The van der Waals surface area contributed by atoms with Gasteiger partial charge in [0.2, 0.25) is 5.91 Å². The number of aliphatic carboxylic acids is 1. The molecule has 0 saturated heterocycles. The largest absolute Gasteiger partial charge is 0.550 e. The maximum Gasteiger partial charge on any atom is 0.333 e. The molecule has 0 aliphatic rings. The molecule has 0 radical (unpaired) electrons. The third-order valence-electron chi connectivity index (χ3n) is 4.96. The topological polar surface area (TPSA) is 125 Å². The van der Waals surface area contributed by atoms with E-state index in [2.05, 4.69) is 17.2 Å². The average molecular weight is 440 g/mol. The van der Waals surface area contributed by atoms with Gasteiger partial charge in [-0.3, -0.25) is 4.79 Å². The van der Waals surface area contributed by atoms with E-state index in [1.807, 2.05) is 14.1 Å². The number of hydrogen-bond donors (Lipinski definition) is 2. The third-order valence-corrected chi connectivity index (χ3v) is 4.96. The van der Waals surface area contributed by atoms with Crippen LogP contribution in [0.3, 0.4) is 0 Å². The minimum absolute atomic E-state index is 0.0791. The first-order valence-corrected chi connectivity index (χ1v) is 10.5. The Morgan fingerprint density at radius 1 is 1.16 bits per heavy atom. The van der Waals surface area contributed by atoms with Gasteiger partial charge in [-0.1, -0.05) is 6.58 Å². The molecule has 0 bridgehead atoms. The molecule has 0 rings (SSSR count). The van der Waals surface area contributed by atoms with Gasteiger partial charge < -0.3 is 34.5 Å². The lowest BCUT2D eigenvalue weighted by Crippen LogP contribution is -2.50. The number of carbonyl (C=O) groups is 4. The van der Waals surface area contributed by atoms with Gasteiger partial charge in [-0.2, -0.15) is 0 Å². The summed E-state index contributed by atoms with van der Waals surface area (Å²) in [4.78, 5) is 45.0. The minimum Gasteiger partial charge on any atom is -0.550 e. The first-order valence-electron chi connectivity index (χ1n) is 10.5. The van der Waals surface area contributed by atoms with Crippen molar-refractivity contribution in [3.8, 4) is 0 Å². The Balaban J connectivity index is 4.22. The number of esters is 1. The summed E-state index contributed by atoms with van der Waals surface area (Å²) in [6.45, 7) is 8.79. The zero-order valence-electron chi connectivity index (χ0n) is 19.2. The van der Waals surface area contributed by atoms with E-state index >= 15 is 0 Å². The summed E-state index contributed by atoms with van der Waals surface area (Å²) in [6.07, 6.45) is 4.31. The summed E-state index contributed by atoms with van der Waals surface area (Å²) < 4.78 is 5.47. The molecule has 9 nitrogen and oxygen atoms in total. The quantitative estimate of drug-likeness (QED) is 0.108. The van der Waals surface area contributed by atoms with Crippen LogP contribution in [0.5, 0.6) is 0 Å². The van der Waals surface area contributed by atoms with Crippen LogP contribution in [0.15, 0.2) is 23.9 Å². The fourth-order valence-electron chi connectivity index (χ4n) is 2.91. The van der Waals surface area contributed by atoms with Gasteiger partial charge in [-0.15, -0.1) is 0 Å². The lowest BCUT2D eigenvalue weighted by molar-refractivity contribution is -0.914. The molecule has 9 heteroatoms. The molecule has 0 aromatic carbocycles. The van der Waals surface area contributed by atoms with E-state index in [4.69, 9.17) is 4.74 Å². The molecule has 1 atom stereocenters. The molecule has 0 fully saturated rings. The molecule has 31 heavy (non-hydrogen) atoms. The van der Waals surface area contributed by atoms with Crippen LogP contribution in [0.2, 0.25) is 0 Å². The summed E-state index contributed by atoms with van der Waals surface area (Å²) in [5.41, 5.74) is 0.889. The highest BCUT2D eigenvalue weighted by atomic mass is 16.5. The van der Waals surface area contributed by atoms with Crippen molar-refractivity contribution in [3.63, 3.8) is 0 Å². The number of carbonyl (C=O) groups excluding carboxylic acids is 4. The number of carboxylic acid groups (broad SMARTS) is 1. The van der Waals surface area contributed by atoms with Gasteiger partial charge in [0.15, 0.2) is 0 Å². The number of carboxylic acids is 1. The number of rotatable bonds is 17. The molecular weight excluding hydrogens is 402 g/mol. The Morgan fingerprint density at radius 3 is 2.42 bits per heavy atom. The number of aldehydes is 1. The molecule has 0 saturated carbocycles. The second-order valence-corrected chi connectivity index (χ2v) is 8.13. The monoisotopic (exact) mass is 439 g/mol. The Morgan fingerprint density at radius 2 is 1.84 bits per heavy atom. The number of amides is 1. The van der Waals surface area contributed by atoms with E-state index in [1.165, 1.54) is 0 Å². The van der Waals surface area contributed by atoms with Crippen molar-refractivity contribution in [1.29, 1.82) is 0 Å². The molecular formula is C22H37N3O6. The second kappa shape index (κ2) is 15.2. The summed E-state index contributed by atoms with van der Waals surface area (Å²) in [5.74, 6) is -1.72. The van der Waals surface area contributed by atoms with Crippen molar-refractivity contribution >= 4 is 24.1 Å². The zero-order chi connectivity index (χ0) is 23.9. The van der Waals surface area contributed by atoms with E-state index < -0.39 is 11.9 Å². The Hall–Kier alpha value is -2.68. The predicted molar refractivity (Wildman–Crippen MR) is 115 cm³/mol. The van der Waals surface area contributed by atoms with Crippen LogP contribution in [0.4, 0.5) is 0 Å². The van der Waals surface area contributed by atoms with Crippen molar-refractivity contribution in [1.82, 2.24) is 10.6 Å². The van der Waals surface area contributed by atoms with Gasteiger partial charge in [0, 0.05) is 49.2 Å². The third kappa shape index (κ3) is 13.3. The van der Waals surface area contributed by atoms with Gasteiger partial charge in [0.1, 0.15) is 6.29 Å². The number of nitrogens with zero attached hydrogens (tertiary/aromatic N) is 1. The van der Waals surface area contributed by atoms with Crippen LogP contribution < -0.4 is 15.7 Å². The van der Waals surface area contributed by atoms with Gasteiger partial charge >= 0.3 is 5.97 Å². The molecule has 2 N–H and O–H groups in total. The average Bonchev–Trinajstić information content (AvgIpc) is 2.69. The number of hydrogen-bond acceptors (Lipinski definition) is 7. The van der Waals surface area contributed by atoms with Crippen molar-refractivity contribution in [2.24, 2.45) is 0 Å². The Bertz CT molecular complexity index is 658. The van der Waals surface area contributed by atoms with E-state index in [0.29, 0.717) is 54.5 Å². The Kier molecular flexibility index (Phi) is 13.9. The predicted octanol–water partition coefficient (Wildman–Crippen LogP) is 0.0596. The van der Waals surface area contributed by atoms with Gasteiger partial charge in [0.05, 0.1) is 39.7 Å². The second-order valence-electron chi connectivity index (χ2n) is 8.13. The van der Waals surface area contributed by atoms with Crippen LogP contribution in [0, 0.1) is 0 Å². The summed E-state index contributed by atoms with van der Waals surface area (Å²) in [5, 5.41) is 16.6. The van der Waals surface area contributed by atoms with E-state index in [0.717, 1.165) is 6.29 Å². The van der Waals surface area contributed by atoms with E-state index in [-0.39, 0.29) is 31.4 Å². The van der Waals surface area contributed by atoms with Gasteiger partial charge in [-0.05, 0) is 26.7 Å². The van der Waals surface area contributed by atoms with E-state index in [9.17, 15) is 24.3 Å². The molecule has 0 spiro atoms. The molecule has 1 unspecified atom stereocenters. The SMILES string of the molecule is C=C(C)C(=O)OCCCNC=C(C)C(=O)NCCC[N+](C)(C)C(CC=O)CCC(=O)[O-]. The zero-order valence-corrected chi connectivity index (χ0v) is 19.2. The van der Waals surface area contributed by atoms with Crippen LogP contribution in [-0.4, -0.2) is 75.0 Å². The summed E-state index contributed by atoms with van der Waals surface area (Å²) >= 11 is 0. The molecule has 1 amide bonds. The Labute approximate surface area is 185 Å². The summed E-state index contributed by atoms with van der Waals surface area (Å²) in [7, 11) is 3.90. The minimum atomic E-state index is -1.12. The van der Waals surface area contributed by atoms with Crippen molar-refractivity contribution < 1.29 is 33.5 Å². The van der Waals surface area contributed by atoms with Crippen molar-refractivity contribution in [2.45, 2.75) is 52.0 Å². The molecule has 0 aliphatic heterocycles. The van der Waals surface area contributed by atoms with E-state index in [1.54, 1.807) is 20.0 Å². The van der Waals surface area contributed by atoms with Crippen LogP contribution >= 0.6 is 0 Å². The van der Waals surface area contributed by atoms with Gasteiger partial charge in [0.25, 0.3) is 0 Å². The lowest BCUT2D eigenvalue weighted by Gasteiger charge is -2.37. The maximum absolute atomic E-state index is 12.1. The standard InChI is InChI=1S/C22H37N3O6/c1-17(2)22(30)31-15-7-11-23-16-18(3)21(29)24-12-6-13-25(4,5)19(10-14-26)8-9-20(27)28/h14,16,19H,1,6-13,15H2,2-5H3,(H2-,23,24,27,28,29). The molecule has 0 heterocycles. The molecule has 0 aromatic heterocycles. The first-order chi connectivity index (χ1) is 14.5. The number of ether oxygens (including phenoxy) is 1. The van der Waals surface area contributed by atoms with Crippen LogP contribution in [0.1, 0.15) is 46.0 Å². The van der Waals surface area contributed by atoms with Crippen LogP contribution in [-0.2, 0) is 23.9 Å². The smallest absolute Gasteiger partial charge is 0.333 e. The van der Waals surface area contributed by atoms with Crippen molar-refractivity contribution in [3.05, 3.63) is 23.9 Å². The maximum atomic E-state index is 12.1. The summed E-state index contributed by atoms with van der Waals surface area (Å²) in [6, 6.07) is -0.105.